The second kappa shape index (κ2) is 6.19. The molecule has 0 aromatic heterocycles. The third-order valence-corrected chi connectivity index (χ3v) is 4.48. The molecule has 2 aromatic rings. The van der Waals surface area contributed by atoms with Crippen LogP contribution in [0.5, 0.6) is 5.75 Å². The maximum Gasteiger partial charge on any atom is 0.283 e. The van der Waals surface area contributed by atoms with Crippen molar-refractivity contribution in [2.24, 2.45) is 4.40 Å². The van der Waals surface area contributed by atoms with Gasteiger partial charge >= 0.3 is 0 Å². The van der Waals surface area contributed by atoms with E-state index in [2.05, 4.69) is 9.71 Å². The molecule has 0 atom stereocenters. The maximum absolute atomic E-state index is 12.2. The van der Waals surface area contributed by atoms with Crippen LogP contribution in [0.15, 0.2) is 51.8 Å². The van der Waals surface area contributed by atoms with Crippen LogP contribution in [0.25, 0.3) is 0 Å². The Kier molecular flexibility index (Phi) is 4.51. The van der Waals surface area contributed by atoms with Gasteiger partial charge in [0.25, 0.3) is 10.0 Å². The van der Waals surface area contributed by atoms with E-state index in [0.29, 0.717) is 5.69 Å². The van der Waals surface area contributed by atoms with Crippen molar-refractivity contribution in [2.45, 2.75) is 25.7 Å². The van der Waals surface area contributed by atoms with Crippen molar-refractivity contribution < 1.29 is 13.5 Å². The van der Waals surface area contributed by atoms with Crippen LogP contribution in [0.3, 0.4) is 0 Å². The molecule has 0 aliphatic heterocycles. The summed E-state index contributed by atoms with van der Waals surface area (Å²) in [6, 6.07) is 11.3. The van der Waals surface area contributed by atoms with E-state index in [-0.39, 0.29) is 16.5 Å². The minimum atomic E-state index is -3.74. The molecule has 2 aromatic carbocycles. The van der Waals surface area contributed by atoms with E-state index >= 15 is 0 Å². The van der Waals surface area contributed by atoms with Gasteiger partial charge in [-0.05, 0) is 56.7 Å². The lowest BCUT2D eigenvalue weighted by Gasteiger charge is -2.09. The van der Waals surface area contributed by atoms with Gasteiger partial charge < -0.3 is 10.4 Å². The summed E-state index contributed by atoms with van der Waals surface area (Å²) in [5.74, 6) is 0.416. The SMILES string of the molecule is CC(=NS(=O)(=O)c1ccc(C)cc1)Nc1ccc(O)cc1C. The molecular formula is C16H18N2O3S. The minimum absolute atomic E-state index is 0.154. The van der Waals surface area contributed by atoms with E-state index in [1.165, 1.54) is 18.2 Å². The standard InChI is InChI=1S/C16H18N2O3S/c1-11-4-7-15(8-5-11)22(20,21)18-13(3)17-16-9-6-14(19)10-12(16)2/h4-10,19H,1-3H3,(H,17,18). The van der Waals surface area contributed by atoms with Gasteiger partial charge in [-0.25, -0.2) is 0 Å². The molecular weight excluding hydrogens is 300 g/mol. The molecule has 0 fully saturated rings. The molecule has 0 aliphatic rings. The van der Waals surface area contributed by atoms with Gasteiger partial charge in [-0.15, -0.1) is 4.40 Å². The zero-order valence-corrected chi connectivity index (χ0v) is 13.5. The lowest BCUT2D eigenvalue weighted by atomic mass is 10.2. The molecule has 0 bridgehead atoms. The second-order valence-electron chi connectivity index (χ2n) is 5.09. The lowest BCUT2D eigenvalue weighted by molar-refractivity contribution is 0.475. The van der Waals surface area contributed by atoms with Gasteiger partial charge in [0.05, 0.1) is 4.90 Å². The summed E-state index contributed by atoms with van der Waals surface area (Å²) in [5, 5.41) is 12.3. The summed E-state index contributed by atoms with van der Waals surface area (Å²) in [7, 11) is -3.74. The highest BCUT2D eigenvalue weighted by Crippen LogP contribution is 2.20. The number of aryl methyl sites for hydroxylation is 2. The predicted octanol–water partition coefficient (Wildman–Crippen LogP) is 3.23. The number of phenolic OH excluding ortho intramolecular Hbond substituents is 1. The van der Waals surface area contributed by atoms with Crippen molar-refractivity contribution in [3.05, 3.63) is 53.6 Å². The van der Waals surface area contributed by atoms with Gasteiger partial charge in [0.15, 0.2) is 0 Å². The zero-order chi connectivity index (χ0) is 16.3. The molecule has 22 heavy (non-hydrogen) atoms. The summed E-state index contributed by atoms with van der Waals surface area (Å²) in [6.07, 6.45) is 0. The first-order chi connectivity index (χ1) is 10.3. The average molecular weight is 318 g/mol. The summed E-state index contributed by atoms with van der Waals surface area (Å²) in [5.41, 5.74) is 2.47. The lowest BCUT2D eigenvalue weighted by Crippen LogP contribution is -2.11. The van der Waals surface area contributed by atoms with Crippen molar-refractivity contribution in [3.63, 3.8) is 0 Å². The van der Waals surface area contributed by atoms with Crippen LogP contribution in [0.4, 0.5) is 5.69 Å². The van der Waals surface area contributed by atoms with Crippen LogP contribution in [0.1, 0.15) is 18.1 Å². The van der Waals surface area contributed by atoms with E-state index in [0.717, 1.165) is 11.1 Å². The molecule has 0 unspecified atom stereocenters. The Morgan fingerprint density at radius 1 is 1.09 bits per heavy atom. The average Bonchev–Trinajstić information content (AvgIpc) is 2.42. The number of hydrogen-bond donors (Lipinski definition) is 2. The highest BCUT2D eigenvalue weighted by molar-refractivity contribution is 7.90. The van der Waals surface area contributed by atoms with Gasteiger partial charge in [-0.2, -0.15) is 8.42 Å². The first-order valence-corrected chi connectivity index (χ1v) is 8.17. The Morgan fingerprint density at radius 2 is 1.73 bits per heavy atom. The van der Waals surface area contributed by atoms with Gasteiger partial charge in [0.2, 0.25) is 0 Å². The van der Waals surface area contributed by atoms with Crippen molar-refractivity contribution in [1.29, 1.82) is 0 Å². The van der Waals surface area contributed by atoms with E-state index < -0.39 is 10.0 Å². The first-order valence-electron chi connectivity index (χ1n) is 6.73. The molecule has 116 valence electrons. The van der Waals surface area contributed by atoms with Crippen molar-refractivity contribution >= 4 is 21.5 Å². The molecule has 0 saturated heterocycles. The van der Waals surface area contributed by atoms with Gasteiger partial charge in [0, 0.05) is 5.69 Å². The highest BCUT2D eigenvalue weighted by atomic mass is 32.2. The number of anilines is 1. The minimum Gasteiger partial charge on any atom is -0.508 e. The maximum atomic E-state index is 12.2. The van der Waals surface area contributed by atoms with E-state index in [4.69, 9.17) is 0 Å². The Labute approximate surface area is 130 Å². The number of phenols is 1. The summed E-state index contributed by atoms with van der Waals surface area (Å²) in [4.78, 5) is 0.154. The zero-order valence-electron chi connectivity index (χ0n) is 12.7. The van der Waals surface area contributed by atoms with E-state index in [1.807, 2.05) is 13.8 Å². The predicted molar refractivity (Wildman–Crippen MR) is 87.9 cm³/mol. The second-order valence-corrected chi connectivity index (χ2v) is 6.69. The Hall–Kier alpha value is -2.34. The molecule has 0 saturated carbocycles. The number of benzene rings is 2. The molecule has 6 heteroatoms. The Morgan fingerprint density at radius 3 is 2.32 bits per heavy atom. The number of amidine groups is 1. The number of sulfonamides is 1. The highest BCUT2D eigenvalue weighted by Gasteiger charge is 2.13. The Bertz CT molecular complexity index is 810. The normalized spacial score (nSPS) is 12.2. The van der Waals surface area contributed by atoms with E-state index in [9.17, 15) is 13.5 Å². The van der Waals surface area contributed by atoms with Crippen LogP contribution in [-0.2, 0) is 10.0 Å². The topological polar surface area (TPSA) is 78.8 Å². The van der Waals surface area contributed by atoms with Crippen molar-refractivity contribution in [1.82, 2.24) is 0 Å². The molecule has 2 N–H and O–H groups in total. The van der Waals surface area contributed by atoms with Gasteiger partial charge in [0.1, 0.15) is 11.6 Å². The molecule has 0 radical (unpaired) electrons. The number of aromatic hydroxyl groups is 1. The molecule has 0 heterocycles. The summed E-state index contributed by atoms with van der Waals surface area (Å²) >= 11 is 0. The Balaban J connectivity index is 2.25. The van der Waals surface area contributed by atoms with Crippen molar-refractivity contribution in [3.8, 4) is 5.75 Å². The van der Waals surface area contributed by atoms with Crippen LogP contribution in [0, 0.1) is 13.8 Å². The van der Waals surface area contributed by atoms with Crippen LogP contribution in [0.2, 0.25) is 0 Å². The fourth-order valence-electron chi connectivity index (χ4n) is 1.95. The third-order valence-electron chi connectivity index (χ3n) is 3.10. The first kappa shape index (κ1) is 16.0. The van der Waals surface area contributed by atoms with Crippen LogP contribution in [-0.4, -0.2) is 19.4 Å². The number of rotatable bonds is 3. The number of hydrogen-bond acceptors (Lipinski definition) is 3. The summed E-state index contributed by atoms with van der Waals surface area (Å²) in [6.45, 7) is 5.28. The summed E-state index contributed by atoms with van der Waals surface area (Å²) < 4.78 is 28.2. The number of nitrogens with zero attached hydrogens (tertiary/aromatic N) is 1. The van der Waals surface area contributed by atoms with E-state index in [1.54, 1.807) is 31.2 Å². The monoisotopic (exact) mass is 318 g/mol. The molecule has 0 amide bonds. The third kappa shape index (κ3) is 3.85. The van der Waals surface area contributed by atoms with Gasteiger partial charge in [-0.3, -0.25) is 0 Å². The molecule has 0 aliphatic carbocycles. The smallest absolute Gasteiger partial charge is 0.283 e. The van der Waals surface area contributed by atoms with Crippen LogP contribution < -0.4 is 5.32 Å². The van der Waals surface area contributed by atoms with Crippen LogP contribution >= 0.6 is 0 Å². The number of nitrogens with one attached hydrogen (secondary N) is 1. The van der Waals surface area contributed by atoms with Gasteiger partial charge in [-0.1, -0.05) is 17.7 Å². The fourth-order valence-corrected chi connectivity index (χ4v) is 2.94. The quantitative estimate of drug-likeness (QED) is 0.517. The molecule has 2 rings (SSSR count). The fraction of sp³-hybridized carbons (Fsp3) is 0.188. The largest absolute Gasteiger partial charge is 0.508 e. The molecule has 5 nitrogen and oxygen atoms in total. The molecule has 0 spiro atoms. The van der Waals surface area contributed by atoms with Crippen molar-refractivity contribution in [2.75, 3.05) is 5.32 Å².